The molecule has 1 atom stereocenters. The van der Waals surface area contributed by atoms with Crippen LogP contribution in [0.2, 0.25) is 0 Å². The average Bonchev–Trinajstić information content (AvgIpc) is 2.41. The molecule has 0 bridgehead atoms. The first-order chi connectivity index (χ1) is 8.72. The molecular weight excluding hydrogens is 220 g/mol. The van der Waals surface area contributed by atoms with E-state index in [-0.39, 0.29) is 6.04 Å². The van der Waals surface area contributed by atoms with E-state index < -0.39 is 0 Å². The van der Waals surface area contributed by atoms with Crippen LogP contribution in [0.3, 0.4) is 0 Å². The minimum absolute atomic E-state index is 0.129. The number of nitrogens with two attached hydrogens (primary N) is 1. The molecular formula is C16H26N2. The molecule has 1 aliphatic rings. The summed E-state index contributed by atoms with van der Waals surface area (Å²) in [6, 6.07) is 9.68. The molecule has 1 aromatic carbocycles. The summed E-state index contributed by atoms with van der Waals surface area (Å²) in [5.41, 5.74) is 8.48. The van der Waals surface area contributed by atoms with Crippen LogP contribution >= 0.6 is 0 Å². The second-order valence-electron chi connectivity index (χ2n) is 5.46. The van der Waals surface area contributed by atoms with Gasteiger partial charge in [-0.1, -0.05) is 31.4 Å². The van der Waals surface area contributed by atoms with E-state index >= 15 is 0 Å². The van der Waals surface area contributed by atoms with Crippen LogP contribution in [0.15, 0.2) is 24.3 Å². The average molecular weight is 246 g/mol. The molecule has 0 aliphatic heterocycles. The van der Waals surface area contributed by atoms with Gasteiger partial charge in [-0.3, -0.25) is 0 Å². The fraction of sp³-hybridized carbons (Fsp3) is 0.625. The highest BCUT2D eigenvalue weighted by molar-refractivity contribution is 5.49. The zero-order chi connectivity index (χ0) is 13.0. The highest BCUT2D eigenvalue weighted by Gasteiger charge is 2.20. The normalized spacial score (nSPS) is 18.6. The van der Waals surface area contributed by atoms with Crippen molar-refractivity contribution in [3.05, 3.63) is 29.8 Å². The van der Waals surface area contributed by atoms with Gasteiger partial charge in [-0.2, -0.15) is 0 Å². The monoisotopic (exact) mass is 246 g/mol. The molecule has 0 saturated heterocycles. The molecule has 18 heavy (non-hydrogen) atoms. The quantitative estimate of drug-likeness (QED) is 0.874. The van der Waals surface area contributed by atoms with Crippen molar-refractivity contribution < 1.29 is 0 Å². The largest absolute Gasteiger partial charge is 0.369 e. The Balaban J connectivity index is 2.11. The molecule has 0 heterocycles. The smallest absolute Gasteiger partial charge is 0.0368 e. The summed E-state index contributed by atoms with van der Waals surface area (Å²) in [6.07, 6.45) is 6.89. The summed E-state index contributed by atoms with van der Waals surface area (Å²) in [4.78, 5) is 2.56. The van der Waals surface area contributed by atoms with E-state index in [0.29, 0.717) is 0 Å². The Kier molecular flexibility index (Phi) is 4.65. The predicted molar refractivity (Wildman–Crippen MR) is 78.9 cm³/mol. The highest BCUT2D eigenvalue weighted by Crippen LogP contribution is 2.27. The van der Waals surface area contributed by atoms with E-state index in [4.69, 9.17) is 5.73 Å². The van der Waals surface area contributed by atoms with Crippen LogP contribution in [-0.2, 0) is 0 Å². The van der Waals surface area contributed by atoms with Gasteiger partial charge in [0.1, 0.15) is 0 Å². The van der Waals surface area contributed by atoms with E-state index in [0.717, 1.165) is 12.6 Å². The Morgan fingerprint density at radius 3 is 2.28 bits per heavy atom. The van der Waals surface area contributed by atoms with Crippen LogP contribution < -0.4 is 10.6 Å². The minimum atomic E-state index is 0.129. The summed E-state index contributed by atoms with van der Waals surface area (Å²) in [7, 11) is 0. The van der Waals surface area contributed by atoms with Crippen molar-refractivity contribution in [2.45, 2.75) is 58.0 Å². The third kappa shape index (κ3) is 3.05. The van der Waals surface area contributed by atoms with E-state index in [1.807, 2.05) is 6.92 Å². The lowest BCUT2D eigenvalue weighted by Gasteiger charge is -2.35. The van der Waals surface area contributed by atoms with Gasteiger partial charge in [-0.15, -0.1) is 0 Å². The van der Waals surface area contributed by atoms with Crippen LogP contribution in [0.25, 0.3) is 0 Å². The second kappa shape index (κ2) is 6.24. The van der Waals surface area contributed by atoms with Crippen LogP contribution in [0, 0.1) is 0 Å². The van der Waals surface area contributed by atoms with E-state index in [1.54, 1.807) is 0 Å². The number of hydrogen-bond acceptors (Lipinski definition) is 2. The predicted octanol–water partition coefficient (Wildman–Crippen LogP) is 3.87. The molecule has 2 heteroatoms. The van der Waals surface area contributed by atoms with Crippen LogP contribution in [0.4, 0.5) is 5.69 Å². The maximum atomic E-state index is 5.90. The van der Waals surface area contributed by atoms with Gasteiger partial charge in [0, 0.05) is 24.3 Å². The first-order valence-corrected chi connectivity index (χ1v) is 7.34. The molecule has 0 spiro atoms. The number of nitrogens with zero attached hydrogens (tertiary/aromatic N) is 1. The Morgan fingerprint density at radius 1 is 1.17 bits per heavy atom. The first-order valence-electron chi connectivity index (χ1n) is 7.34. The number of hydrogen-bond donors (Lipinski definition) is 1. The summed E-state index contributed by atoms with van der Waals surface area (Å²) in [5, 5.41) is 0. The third-order valence-electron chi connectivity index (χ3n) is 4.11. The minimum Gasteiger partial charge on any atom is -0.369 e. The highest BCUT2D eigenvalue weighted by atomic mass is 15.2. The topological polar surface area (TPSA) is 29.3 Å². The van der Waals surface area contributed by atoms with E-state index in [9.17, 15) is 0 Å². The van der Waals surface area contributed by atoms with Gasteiger partial charge in [0.25, 0.3) is 0 Å². The number of anilines is 1. The SMILES string of the molecule is CCN(c1ccc(C(C)N)cc1)C1CCCCC1. The molecule has 2 rings (SSSR count). The second-order valence-corrected chi connectivity index (χ2v) is 5.46. The maximum Gasteiger partial charge on any atom is 0.0368 e. The summed E-state index contributed by atoms with van der Waals surface area (Å²) >= 11 is 0. The molecule has 2 nitrogen and oxygen atoms in total. The Hall–Kier alpha value is -1.02. The van der Waals surface area contributed by atoms with Crippen LogP contribution in [0.5, 0.6) is 0 Å². The van der Waals surface area contributed by atoms with Crippen molar-refractivity contribution in [1.29, 1.82) is 0 Å². The van der Waals surface area contributed by atoms with Gasteiger partial charge in [0.05, 0.1) is 0 Å². The lowest BCUT2D eigenvalue weighted by atomic mass is 9.93. The van der Waals surface area contributed by atoms with Gasteiger partial charge in [0.15, 0.2) is 0 Å². The lowest BCUT2D eigenvalue weighted by Crippen LogP contribution is -2.36. The Labute approximate surface area is 111 Å². The molecule has 1 saturated carbocycles. The summed E-state index contributed by atoms with van der Waals surface area (Å²) in [5.74, 6) is 0. The van der Waals surface area contributed by atoms with Crippen molar-refractivity contribution in [3.8, 4) is 0 Å². The zero-order valence-electron chi connectivity index (χ0n) is 11.7. The van der Waals surface area contributed by atoms with Crippen molar-refractivity contribution in [3.63, 3.8) is 0 Å². The summed E-state index contributed by atoms with van der Waals surface area (Å²) < 4.78 is 0. The molecule has 0 radical (unpaired) electrons. The molecule has 100 valence electrons. The maximum absolute atomic E-state index is 5.90. The molecule has 0 aromatic heterocycles. The molecule has 1 aliphatic carbocycles. The fourth-order valence-electron chi connectivity index (χ4n) is 3.01. The van der Waals surface area contributed by atoms with Crippen LogP contribution in [-0.4, -0.2) is 12.6 Å². The van der Waals surface area contributed by atoms with Gasteiger partial charge in [0.2, 0.25) is 0 Å². The molecule has 2 N–H and O–H groups in total. The number of rotatable bonds is 4. The first kappa shape index (κ1) is 13.4. The van der Waals surface area contributed by atoms with E-state index in [2.05, 4.69) is 36.1 Å². The lowest BCUT2D eigenvalue weighted by molar-refractivity contribution is 0.418. The van der Waals surface area contributed by atoms with Gasteiger partial charge in [-0.05, 0) is 44.4 Å². The number of benzene rings is 1. The van der Waals surface area contributed by atoms with Crippen molar-refractivity contribution in [2.24, 2.45) is 5.73 Å². The van der Waals surface area contributed by atoms with Gasteiger partial charge in [-0.25, -0.2) is 0 Å². The Morgan fingerprint density at radius 2 is 1.78 bits per heavy atom. The fourth-order valence-corrected chi connectivity index (χ4v) is 3.01. The van der Waals surface area contributed by atoms with Crippen molar-refractivity contribution in [1.82, 2.24) is 0 Å². The van der Waals surface area contributed by atoms with Gasteiger partial charge >= 0.3 is 0 Å². The summed E-state index contributed by atoms with van der Waals surface area (Å²) in [6.45, 7) is 5.39. The Bertz CT molecular complexity index is 350. The van der Waals surface area contributed by atoms with Crippen molar-refractivity contribution >= 4 is 5.69 Å². The zero-order valence-corrected chi connectivity index (χ0v) is 11.7. The van der Waals surface area contributed by atoms with E-state index in [1.165, 1.54) is 43.4 Å². The van der Waals surface area contributed by atoms with Crippen LogP contribution in [0.1, 0.15) is 57.6 Å². The molecule has 1 aromatic rings. The molecule has 1 unspecified atom stereocenters. The van der Waals surface area contributed by atoms with Crippen molar-refractivity contribution in [2.75, 3.05) is 11.4 Å². The molecule has 1 fully saturated rings. The standard InChI is InChI=1S/C16H26N2/c1-3-18(15-7-5-4-6-8-15)16-11-9-14(10-12-16)13(2)17/h9-13,15H,3-8,17H2,1-2H3. The third-order valence-corrected chi connectivity index (χ3v) is 4.11. The van der Waals surface area contributed by atoms with Gasteiger partial charge < -0.3 is 10.6 Å². The molecule has 0 amide bonds.